The van der Waals surface area contributed by atoms with E-state index in [1.54, 1.807) is 10.6 Å². The Morgan fingerprint density at radius 3 is 2.64 bits per heavy atom. The van der Waals surface area contributed by atoms with Gasteiger partial charge in [-0.3, -0.25) is 14.2 Å². The first kappa shape index (κ1) is 21.6. The van der Waals surface area contributed by atoms with E-state index in [9.17, 15) is 9.59 Å². The van der Waals surface area contributed by atoms with Gasteiger partial charge in [-0.25, -0.2) is 4.52 Å². The molecule has 1 aliphatic carbocycles. The molecule has 2 aromatic heterocycles. The van der Waals surface area contributed by atoms with Crippen LogP contribution in [0.15, 0.2) is 47.3 Å². The third kappa shape index (κ3) is 4.37. The summed E-state index contributed by atoms with van der Waals surface area (Å²) in [6.45, 7) is 2.32. The number of benzene rings is 2. The molecule has 1 amide bonds. The molecule has 1 aliphatic rings. The van der Waals surface area contributed by atoms with E-state index in [1.807, 2.05) is 43.3 Å². The second-order valence-electron chi connectivity index (χ2n) is 8.85. The molecule has 4 aromatic rings. The minimum atomic E-state index is -0.327. The van der Waals surface area contributed by atoms with Gasteiger partial charge in [0.15, 0.2) is 0 Å². The number of nitrogens with one attached hydrogen (secondary N) is 1. The molecular formula is C25H26ClN5O2. The monoisotopic (exact) mass is 463 g/mol. The second kappa shape index (κ2) is 8.98. The second-order valence-corrected chi connectivity index (χ2v) is 9.28. The number of fused-ring (bicyclic) bond motifs is 3. The van der Waals surface area contributed by atoms with Crippen molar-refractivity contribution < 1.29 is 4.79 Å². The Kier molecular flexibility index (Phi) is 5.89. The lowest BCUT2D eigenvalue weighted by Crippen LogP contribution is -2.35. The molecule has 0 atom stereocenters. The van der Waals surface area contributed by atoms with Gasteiger partial charge in [0.1, 0.15) is 0 Å². The molecule has 5 rings (SSSR count). The SMILES string of the molecule is Cc1ccc2c(c1)n(Cc1cccc(Cl)c1)c(=O)c1nc(C(=O)NC3CCCCCC3)nn12. The highest BCUT2D eigenvalue weighted by molar-refractivity contribution is 6.30. The Hall–Kier alpha value is -3.19. The summed E-state index contributed by atoms with van der Waals surface area (Å²) in [6.07, 6.45) is 6.57. The average molecular weight is 464 g/mol. The maximum Gasteiger partial charge on any atom is 0.296 e. The van der Waals surface area contributed by atoms with Gasteiger partial charge in [0, 0.05) is 11.1 Å². The molecule has 2 heterocycles. The first-order chi connectivity index (χ1) is 16.0. The Bertz CT molecular complexity index is 1400. The van der Waals surface area contributed by atoms with E-state index in [1.165, 1.54) is 17.4 Å². The molecule has 2 aromatic carbocycles. The van der Waals surface area contributed by atoms with Crippen molar-refractivity contribution in [2.75, 3.05) is 0 Å². The van der Waals surface area contributed by atoms with Crippen molar-refractivity contribution in [2.45, 2.75) is 58.0 Å². The number of aromatic nitrogens is 4. The topological polar surface area (TPSA) is 81.3 Å². The highest BCUT2D eigenvalue weighted by atomic mass is 35.5. The van der Waals surface area contributed by atoms with Crippen LogP contribution >= 0.6 is 11.6 Å². The Labute approximate surface area is 196 Å². The fourth-order valence-corrected chi connectivity index (χ4v) is 4.83. The van der Waals surface area contributed by atoms with Crippen LogP contribution in [0.2, 0.25) is 5.02 Å². The number of halogens is 1. The quantitative estimate of drug-likeness (QED) is 0.451. The molecular weight excluding hydrogens is 438 g/mol. The molecule has 170 valence electrons. The van der Waals surface area contributed by atoms with Gasteiger partial charge in [-0.1, -0.05) is 55.5 Å². The van der Waals surface area contributed by atoms with Gasteiger partial charge in [-0.15, -0.1) is 5.10 Å². The smallest absolute Gasteiger partial charge is 0.296 e. The summed E-state index contributed by atoms with van der Waals surface area (Å²) < 4.78 is 3.17. The average Bonchev–Trinajstić information content (AvgIpc) is 3.09. The zero-order valence-electron chi connectivity index (χ0n) is 18.6. The number of hydrogen-bond acceptors (Lipinski definition) is 4. The van der Waals surface area contributed by atoms with E-state index in [4.69, 9.17) is 11.6 Å². The number of carbonyl (C=O) groups excluding carboxylic acids is 1. The van der Waals surface area contributed by atoms with Gasteiger partial charge in [0.2, 0.25) is 11.5 Å². The Morgan fingerprint density at radius 1 is 1.09 bits per heavy atom. The summed E-state index contributed by atoms with van der Waals surface area (Å²) >= 11 is 6.16. The van der Waals surface area contributed by atoms with Crippen LogP contribution in [0.1, 0.15) is 60.3 Å². The lowest BCUT2D eigenvalue weighted by Gasteiger charge is -2.14. The fourth-order valence-electron chi connectivity index (χ4n) is 4.62. The van der Waals surface area contributed by atoms with Crippen molar-refractivity contribution in [1.82, 2.24) is 24.5 Å². The van der Waals surface area contributed by atoms with Crippen molar-refractivity contribution in [3.63, 3.8) is 0 Å². The third-order valence-corrected chi connectivity index (χ3v) is 6.55. The minimum absolute atomic E-state index is 0.0266. The number of hydrogen-bond donors (Lipinski definition) is 1. The molecule has 0 spiro atoms. The fraction of sp³-hybridized carbons (Fsp3) is 0.360. The van der Waals surface area contributed by atoms with Crippen LogP contribution < -0.4 is 10.9 Å². The molecule has 0 unspecified atom stereocenters. The summed E-state index contributed by atoms with van der Waals surface area (Å²) in [5, 5.41) is 8.13. The van der Waals surface area contributed by atoms with Gasteiger partial charge in [-0.2, -0.15) is 4.98 Å². The minimum Gasteiger partial charge on any atom is -0.347 e. The number of carbonyl (C=O) groups is 1. The largest absolute Gasteiger partial charge is 0.347 e. The highest BCUT2D eigenvalue weighted by Crippen LogP contribution is 2.20. The number of rotatable bonds is 4. The van der Waals surface area contributed by atoms with Crippen molar-refractivity contribution in [1.29, 1.82) is 0 Å². The van der Waals surface area contributed by atoms with Crippen LogP contribution in [0.25, 0.3) is 16.7 Å². The van der Waals surface area contributed by atoms with Crippen molar-refractivity contribution in [3.8, 4) is 0 Å². The molecule has 0 saturated heterocycles. The zero-order valence-corrected chi connectivity index (χ0v) is 19.3. The molecule has 0 aliphatic heterocycles. The summed E-state index contributed by atoms with van der Waals surface area (Å²) in [5.41, 5.74) is 3.22. The van der Waals surface area contributed by atoms with E-state index in [0.717, 1.165) is 47.8 Å². The Balaban J connectivity index is 1.59. The van der Waals surface area contributed by atoms with Crippen LogP contribution in [0, 0.1) is 6.92 Å². The predicted octanol–water partition coefficient (Wildman–Crippen LogP) is 4.51. The maximum atomic E-state index is 13.5. The number of nitrogens with zero attached hydrogens (tertiary/aromatic N) is 4. The third-order valence-electron chi connectivity index (χ3n) is 6.32. The molecule has 1 fully saturated rings. The van der Waals surface area contributed by atoms with Gasteiger partial charge in [0.25, 0.3) is 11.5 Å². The molecule has 1 N–H and O–H groups in total. The molecule has 7 nitrogen and oxygen atoms in total. The highest BCUT2D eigenvalue weighted by Gasteiger charge is 2.22. The summed E-state index contributed by atoms with van der Waals surface area (Å²) in [7, 11) is 0. The summed E-state index contributed by atoms with van der Waals surface area (Å²) in [6, 6.07) is 13.4. The molecule has 8 heteroatoms. The predicted molar refractivity (Wildman–Crippen MR) is 129 cm³/mol. The van der Waals surface area contributed by atoms with Gasteiger partial charge in [-0.05, 0) is 55.2 Å². The van der Waals surface area contributed by atoms with Gasteiger partial charge in [0.05, 0.1) is 17.6 Å². The first-order valence-corrected chi connectivity index (χ1v) is 11.8. The Morgan fingerprint density at radius 2 is 1.88 bits per heavy atom. The number of aryl methyl sites for hydroxylation is 1. The number of amides is 1. The zero-order chi connectivity index (χ0) is 22.9. The lowest BCUT2D eigenvalue weighted by atomic mass is 10.1. The van der Waals surface area contributed by atoms with Crippen LogP contribution in [0.5, 0.6) is 0 Å². The lowest BCUT2D eigenvalue weighted by molar-refractivity contribution is 0.0923. The normalized spacial score (nSPS) is 15.1. The van der Waals surface area contributed by atoms with E-state index in [0.29, 0.717) is 11.6 Å². The summed E-state index contributed by atoms with van der Waals surface area (Å²) in [4.78, 5) is 30.8. The standard InChI is InChI=1S/C25H26ClN5O2/c1-16-11-12-20-21(13-16)30(15-17-7-6-8-18(26)14-17)25(33)23-28-22(29-31(20)23)24(32)27-19-9-4-2-3-5-10-19/h6-8,11-14,19H,2-5,9-10,15H2,1H3,(H,27,32). The van der Waals surface area contributed by atoms with Crippen molar-refractivity contribution in [2.24, 2.45) is 0 Å². The van der Waals surface area contributed by atoms with Gasteiger partial charge < -0.3 is 5.32 Å². The van der Waals surface area contributed by atoms with Crippen LogP contribution in [0.3, 0.4) is 0 Å². The van der Waals surface area contributed by atoms with Crippen LogP contribution in [-0.4, -0.2) is 31.1 Å². The van der Waals surface area contributed by atoms with Gasteiger partial charge >= 0.3 is 0 Å². The first-order valence-electron chi connectivity index (χ1n) is 11.4. The molecule has 33 heavy (non-hydrogen) atoms. The molecule has 0 radical (unpaired) electrons. The molecule has 1 saturated carbocycles. The maximum absolute atomic E-state index is 13.5. The van der Waals surface area contributed by atoms with E-state index < -0.39 is 0 Å². The van der Waals surface area contributed by atoms with Crippen molar-refractivity contribution in [3.05, 3.63) is 74.8 Å². The van der Waals surface area contributed by atoms with E-state index in [2.05, 4.69) is 15.4 Å². The van der Waals surface area contributed by atoms with E-state index in [-0.39, 0.29) is 29.0 Å². The summed E-state index contributed by atoms with van der Waals surface area (Å²) in [5.74, 6) is -0.301. The van der Waals surface area contributed by atoms with Crippen LogP contribution in [0.4, 0.5) is 0 Å². The van der Waals surface area contributed by atoms with Crippen LogP contribution in [-0.2, 0) is 6.54 Å². The van der Waals surface area contributed by atoms with E-state index >= 15 is 0 Å². The molecule has 0 bridgehead atoms. The van der Waals surface area contributed by atoms with Crippen molar-refractivity contribution >= 4 is 34.2 Å².